The first-order chi connectivity index (χ1) is 11.5. The highest BCUT2D eigenvalue weighted by Crippen LogP contribution is 2.43. The molecular formula is C16H25N4O4P. The average molecular weight is 368 g/mol. The number of hydrogen-bond donors (Lipinski definition) is 3. The fourth-order valence-corrected chi connectivity index (χ4v) is 4.11. The van der Waals surface area contributed by atoms with E-state index in [0.29, 0.717) is 17.9 Å². The summed E-state index contributed by atoms with van der Waals surface area (Å²) in [7, 11) is 0. The lowest BCUT2D eigenvalue weighted by atomic mass is 9.95. The van der Waals surface area contributed by atoms with Crippen LogP contribution in [-0.4, -0.2) is 73.3 Å². The summed E-state index contributed by atoms with van der Waals surface area (Å²) in [5.41, 5.74) is -1.38. The van der Waals surface area contributed by atoms with E-state index in [1.165, 1.54) is 17.8 Å². The zero-order valence-electron chi connectivity index (χ0n) is 14.9. The van der Waals surface area contributed by atoms with Crippen LogP contribution in [0.2, 0.25) is 0 Å². The second kappa shape index (κ2) is 6.06. The number of aliphatic hydroxyl groups is 2. The van der Waals surface area contributed by atoms with Gasteiger partial charge in [-0.05, 0) is 39.8 Å². The van der Waals surface area contributed by atoms with Crippen LogP contribution in [0.25, 0.3) is 11.2 Å². The van der Waals surface area contributed by atoms with Gasteiger partial charge in [-0.3, -0.25) is 9.36 Å². The highest BCUT2D eigenvalue weighted by molar-refractivity contribution is 7.72. The zero-order valence-corrected chi connectivity index (χ0v) is 15.8. The Balaban J connectivity index is 1.97. The topological polar surface area (TPSA) is 113 Å². The number of nitrogens with one attached hydrogen (secondary N) is 1. The maximum absolute atomic E-state index is 12.0. The lowest BCUT2D eigenvalue weighted by Crippen LogP contribution is -2.43. The van der Waals surface area contributed by atoms with Gasteiger partial charge < -0.3 is 19.9 Å². The number of imidazole rings is 1. The van der Waals surface area contributed by atoms with E-state index in [1.807, 2.05) is 0 Å². The average Bonchev–Trinajstić information content (AvgIpc) is 2.97. The molecule has 1 aliphatic rings. The van der Waals surface area contributed by atoms with Gasteiger partial charge in [0.15, 0.2) is 17.4 Å². The molecule has 1 saturated heterocycles. The Kier molecular flexibility index (Phi) is 4.44. The lowest BCUT2D eigenvalue weighted by molar-refractivity contribution is -0.0939. The standard InChI is InChI=1S/C16H25N4O4P/c1-9-18-13-11(14(22)19-9)17-8-20(13)15-16(2,23)12(21)10(24-15)6-7-25(3,4)5/h8,10,12,15,21,23H,3,6-7H2,1-2,4-5H3,(H,18,19,22)/t10?,12-,15-,16-/m1/s1. The van der Waals surface area contributed by atoms with Crippen molar-refractivity contribution >= 4 is 24.3 Å². The molecule has 0 bridgehead atoms. The van der Waals surface area contributed by atoms with Crippen molar-refractivity contribution in [3.63, 3.8) is 0 Å². The molecule has 0 saturated carbocycles. The smallest absolute Gasteiger partial charge is 0.279 e. The molecule has 8 nitrogen and oxygen atoms in total. The summed E-state index contributed by atoms with van der Waals surface area (Å²) in [5, 5.41) is 21.4. The highest BCUT2D eigenvalue weighted by atomic mass is 31.2. The van der Waals surface area contributed by atoms with Crippen molar-refractivity contribution in [1.82, 2.24) is 19.5 Å². The maximum Gasteiger partial charge on any atom is 0.279 e. The summed E-state index contributed by atoms with van der Waals surface area (Å²) in [6.07, 6.45) is 4.60. The molecule has 138 valence electrons. The molecule has 3 N–H and O–H groups in total. The van der Waals surface area contributed by atoms with E-state index in [9.17, 15) is 15.0 Å². The van der Waals surface area contributed by atoms with E-state index in [0.717, 1.165) is 6.16 Å². The monoisotopic (exact) mass is 368 g/mol. The predicted octanol–water partition coefficient (Wildman–Crippen LogP) is 0.537. The van der Waals surface area contributed by atoms with Crippen LogP contribution in [0, 0.1) is 6.92 Å². The number of H-pyrrole nitrogens is 1. The molecule has 1 aliphatic heterocycles. The first kappa shape index (κ1) is 18.3. The van der Waals surface area contributed by atoms with Crippen molar-refractivity contribution in [2.45, 2.75) is 44.3 Å². The first-order valence-electron chi connectivity index (χ1n) is 8.17. The third kappa shape index (κ3) is 3.31. The molecule has 4 atom stereocenters. The number of aryl methyl sites for hydroxylation is 1. The molecule has 0 spiro atoms. The molecule has 25 heavy (non-hydrogen) atoms. The van der Waals surface area contributed by atoms with Crippen LogP contribution in [0.5, 0.6) is 0 Å². The van der Waals surface area contributed by atoms with Gasteiger partial charge in [0.05, 0.1) is 12.4 Å². The number of rotatable bonds is 4. The summed E-state index contributed by atoms with van der Waals surface area (Å²) >= 11 is 0. The molecule has 2 aromatic heterocycles. The molecule has 1 fully saturated rings. The van der Waals surface area contributed by atoms with Gasteiger partial charge in [-0.2, -0.15) is 0 Å². The Hall–Kier alpha value is -1.47. The lowest BCUT2D eigenvalue weighted by Gasteiger charge is -2.27. The van der Waals surface area contributed by atoms with Crippen molar-refractivity contribution < 1.29 is 14.9 Å². The number of ether oxygens (including phenoxy) is 1. The van der Waals surface area contributed by atoms with Crippen LogP contribution in [0.3, 0.4) is 0 Å². The Morgan fingerprint density at radius 1 is 1.52 bits per heavy atom. The van der Waals surface area contributed by atoms with Crippen molar-refractivity contribution in [2.24, 2.45) is 0 Å². The third-order valence-electron chi connectivity index (χ3n) is 4.58. The van der Waals surface area contributed by atoms with Gasteiger partial charge >= 0.3 is 0 Å². The van der Waals surface area contributed by atoms with Crippen molar-refractivity contribution in [3.05, 3.63) is 22.5 Å². The SMILES string of the molecule is C=P(C)(C)CCC1O[C@@H](n2cnc3c(=O)[nH]c(C)nc32)[C@](C)(O)[C@@H]1O. The number of nitrogens with zero attached hydrogens (tertiary/aromatic N) is 3. The first-order valence-corrected chi connectivity index (χ1v) is 11.2. The number of aromatic amines is 1. The van der Waals surface area contributed by atoms with Crippen LogP contribution in [0.4, 0.5) is 0 Å². The minimum atomic E-state index is -1.53. The molecule has 0 radical (unpaired) electrons. The van der Waals surface area contributed by atoms with Crippen molar-refractivity contribution in [3.8, 4) is 0 Å². The van der Waals surface area contributed by atoms with E-state index < -0.39 is 30.9 Å². The molecule has 0 amide bonds. The number of fused-ring (bicyclic) bond motifs is 1. The van der Waals surface area contributed by atoms with Crippen molar-refractivity contribution in [1.29, 1.82) is 0 Å². The number of aliphatic hydroxyl groups excluding tert-OH is 1. The molecule has 9 heteroatoms. The number of aromatic nitrogens is 4. The Morgan fingerprint density at radius 3 is 2.84 bits per heavy atom. The van der Waals surface area contributed by atoms with Gasteiger partial charge in [0.1, 0.15) is 17.5 Å². The molecule has 0 aliphatic carbocycles. The minimum Gasteiger partial charge on any atom is -0.387 e. The fourth-order valence-electron chi connectivity index (χ4n) is 3.16. The molecule has 3 heterocycles. The Labute approximate surface area is 145 Å². The summed E-state index contributed by atoms with van der Waals surface area (Å²) < 4.78 is 7.50. The van der Waals surface area contributed by atoms with Gasteiger partial charge in [0.25, 0.3) is 5.56 Å². The Morgan fingerprint density at radius 2 is 2.20 bits per heavy atom. The molecule has 1 unspecified atom stereocenters. The van der Waals surface area contributed by atoms with Crippen LogP contribution >= 0.6 is 6.89 Å². The van der Waals surface area contributed by atoms with E-state index in [1.54, 1.807) is 6.92 Å². The Bertz CT molecular complexity index is 897. The summed E-state index contributed by atoms with van der Waals surface area (Å²) in [5.74, 6) is 0.442. The van der Waals surface area contributed by atoms with Crippen LogP contribution in [-0.2, 0) is 4.74 Å². The minimum absolute atomic E-state index is 0.174. The molecule has 3 rings (SSSR count). The fraction of sp³-hybridized carbons (Fsp3) is 0.625. The van der Waals surface area contributed by atoms with Gasteiger partial charge in [-0.25, -0.2) is 9.97 Å². The van der Waals surface area contributed by atoms with Crippen LogP contribution < -0.4 is 5.56 Å². The van der Waals surface area contributed by atoms with Crippen LogP contribution in [0.1, 0.15) is 25.4 Å². The van der Waals surface area contributed by atoms with E-state index in [4.69, 9.17) is 4.74 Å². The van der Waals surface area contributed by atoms with Gasteiger partial charge in [0, 0.05) is 0 Å². The number of hydrogen-bond acceptors (Lipinski definition) is 6. The van der Waals surface area contributed by atoms with E-state index >= 15 is 0 Å². The highest BCUT2D eigenvalue weighted by Gasteiger charge is 2.53. The van der Waals surface area contributed by atoms with Crippen molar-refractivity contribution in [2.75, 3.05) is 19.5 Å². The quantitative estimate of drug-likeness (QED) is 0.679. The zero-order chi connectivity index (χ0) is 18.6. The maximum atomic E-state index is 12.0. The normalized spacial score (nSPS) is 30.2. The second-order valence-corrected chi connectivity index (χ2v) is 11.9. The van der Waals surface area contributed by atoms with E-state index in [-0.39, 0.29) is 11.1 Å². The van der Waals surface area contributed by atoms with Gasteiger partial charge in [-0.15, -0.1) is 13.2 Å². The second-order valence-electron chi connectivity index (χ2n) is 7.62. The molecule has 2 aromatic rings. The summed E-state index contributed by atoms with van der Waals surface area (Å²) in [4.78, 5) is 23.0. The summed E-state index contributed by atoms with van der Waals surface area (Å²) in [6.45, 7) is 6.16. The largest absolute Gasteiger partial charge is 0.387 e. The third-order valence-corrected chi connectivity index (χ3v) is 6.05. The van der Waals surface area contributed by atoms with Gasteiger partial charge in [0.2, 0.25) is 0 Å². The molecular weight excluding hydrogens is 343 g/mol. The van der Waals surface area contributed by atoms with Crippen LogP contribution in [0.15, 0.2) is 11.1 Å². The summed E-state index contributed by atoms with van der Waals surface area (Å²) in [6, 6.07) is 0. The predicted molar refractivity (Wildman–Crippen MR) is 98.8 cm³/mol. The van der Waals surface area contributed by atoms with Gasteiger partial charge in [-0.1, -0.05) is 0 Å². The molecule has 0 aromatic carbocycles. The van der Waals surface area contributed by atoms with E-state index in [2.05, 4.69) is 34.6 Å².